The molecule has 0 unspecified atom stereocenters. The summed E-state index contributed by atoms with van der Waals surface area (Å²) >= 11 is 1.32. The normalized spacial score (nSPS) is 16.4. The number of para-hydroxylation sites is 1. The number of rotatable bonds is 5. The van der Waals surface area contributed by atoms with E-state index in [2.05, 4.69) is 10.6 Å². The van der Waals surface area contributed by atoms with Crippen molar-refractivity contribution in [3.63, 3.8) is 0 Å². The molecule has 1 aliphatic heterocycles. The second-order valence-corrected chi connectivity index (χ2v) is 8.44. The van der Waals surface area contributed by atoms with E-state index in [1.165, 1.54) is 18.7 Å². The molecule has 0 aromatic heterocycles. The van der Waals surface area contributed by atoms with Crippen molar-refractivity contribution in [1.29, 1.82) is 0 Å². The number of esters is 1. The van der Waals surface area contributed by atoms with E-state index in [1.807, 2.05) is 57.2 Å². The molecule has 7 heteroatoms. The zero-order chi connectivity index (χ0) is 21.1. The van der Waals surface area contributed by atoms with Gasteiger partial charge in [0.15, 0.2) is 6.10 Å². The van der Waals surface area contributed by atoms with E-state index in [4.69, 9.17) is 4.74 Å². The number of hydrogen-bond acceptors (Lipinski definition) is 5. The van der Waals surface area contributed by atoms with E-state index in [1.54, 1.807) is 0 Å². The van der Waals surface area contributed by atoms with Gasteiger partial charge in [0, 0.05) is 10.6 Å². The van der Waals surface area contributed by atoms with Crippen LogP contribution < -0.4 is 10.6 Å². The molecule has 3 rings (SSSR count). The summed E-state index contributed by atoms with van der Waals surface area (Å²) in [6.45, 7) is 7.36. The van der Waals surface area contributed by atoms with Gasteiger partial charge in [-0.05, 0) is 51.0 Å². The minimum absolute atomic E-state index is 0.106. The highest BCUT2D eigenvalue weighted by Gasteiger charge is 2.30. The molecule has 29 heavy (non-hydrogen) atoms. The first-order valence-electron chi connectivity index (χ1n) is 9.39. The Labute approximate surface area is 174 Å². The molecule has 152 valence electrons. The van der Waals surface area contributed by atoms with E-state index in [-0.39, 0.29) is 12.3 Å². The number of hydrogen-bond donors (Lipinski definition) is 2. The minimum atomic E-state index is -0.966. The van der Waals surface area contributed by atoms with Crippen LogP contribution in [0.25, 0.3) is 0 Å². The van der Waals surface area contributed by atoms with Crippen LogP contribution in [0, 0.1) is 20.8 Å². The Morgan fingerprint density at radius 1 is 1.17 bits per heavy atom. The van der Waals surface area contributed by atoms with Gasteiger partial charge in [-0.15, -0.1) is 11.8 Å². The third-order valence-electron chi connectivity index (χ3n) is 4.66. The molecular weight excluding hydrogens is 388 g/mol. The highest BCUT2D eigenvalue weighted by Crippen LogP contribution is 2.36. The summed E-state index contributed by atoms with van der Waals surface area (Å²) in [5, 5.41) is 5.04. The second-order valence-electron chi connectivity index (χ2n) is 7.19. The number of amides is 2. The molecule has 0 aliphatic carbocycles. The van der Waals surface area contributed by atoms with Crippen LogP contribution in [-0.2, 0) is 19.1 Å². The van der Waals surface area contributed by atoms with Crippen LogP contribution in [0.1, 0.15) is 30.0 Å². The van der Waals surface area contributed by atoms with Crippen molar-refractivity contribution >= 4 is 40.9 Å². The Balaban J connectivity index is 1.58. The van der Waals surface area contributed by atoms with Gasteiger partial charge in [0.2, 0.25) is 5.91 Å². The van der Waals surface area contributed by atoms with Gasteiger partial charge in [-0.25, -0.2) is 0 Å². The number of nitrogens with one attached hydrogen (secondary N) is 2. The number of benzene rings is 2. The van der Waals surface area contributed by atoms with Crippen molar-refractivity contribution in [1.82, 2.24) is 0 Å². The number of carbonyl (C=O) groups excluding carboxylic acids is 3. The van der Waals surface area contributed by atoms with Crippen molar-refractivity contribution in [3.05, 3.63) is 53.1 Å². The number of fused-ring (bicyclic) bond motifs is 1. The van der Waals surface area contributed by atoms with Gasteiger partial charge in [-0.3, -0.25) is 14.4 Å². The first kappa shape index (κ1) is 20.9. The molecule has 0 bridgehead atoms. The first-order valence-corrected chi connectivity index (χ1v) is 10.3. The van der Waals surface area contributed by atoms with Crippen LogP contribution >= 0.6 is 11.8 Å². The molecule has 2 amide bonds. The maximum atomic E-state index is 12.5. The molecule has 2 aromatic rings. The molecule has 0 fully saturated rings. The van der Waals surface area contributed by atoms with E-state index in [0.29, 0.717) is 0 Å². The molecule has 2 aromatic carbocycles. The lowest BCUT2D eigenvalue weighted by molar-refractivity contribution is -0.153. The van der Waals surface area contributed by atoms with E-state index < -0.39 is 23.2 Å². The lowest BCUT2D eigenvalue weighted by Crippen LogP contribution is -2.34. The summed E-state index contributed by atoms with van der Waals surface area (Å²) in [4.78, 5) is 37.9. The lowest BCUT2D eigenvalue weighted by atomic mass is 10.0. The fourth-order valence-electron chi connectivity index (χ4n) is 3.28. The molecule has 0 spiro atoms. The number of carbonyl (C=O) groups is 3. The van der Waals surface area contributed by atoms with Gasteiger partial charge in [-0.1, -0.05) is 29.8 Å². The average Bonchev–Trinajstić information content (AvgIpc) is 2.64. The van der Waals surface area contributed by atoms with Gasteiger partial charge >= 0.3 is 5.97 Å². The van der Waals surface area contributed by atoms with Gasteiger partial charge < -0.3 is 15.4 Å². The van der Waals surface area contributed by atoms with Crippen LogP contribution in [0.5, 0.6) is 0 Å². The van der Waals surface area contributed by atoms with Gasteiger partial charge in [0.05, 0.1) is 17.4 Å². The zero-order valence-corrected chi connectivity index (χ0v) is 17.7. The first-order chi connectivity index (χ1) is 13.7. The number of thioether (sulfide) groups is 1. The highest BCUT2D eigenvalue weighted by atomic mass is 32.2. The Morgan fingerprint density at radius 3 is 2.52 bits per heavy atom. The molecular formula is C22H24N2O4S. The third-order valence-corrected chi connectivity index (χ3v) is 5.94. The van der Waals surface area contributed by atoms with E-state index in [0.717, 1.165) is 33.0 Å². The number of aryl methyl sites for hydroxylation is 3. The number of ether oxygens (including phenoxy) is 1. The zero-order valence-electron chi connectivity index (χ0n) is 16.9. The Bertz CT molecular complexity index is 950. The van der Waals surface area contributed by atoms with Crippen LogP contribution in [0.15, 0.2) is 41.3 Å². The van der Waals surface area contributed by atoms with Crippen LogP contribution in [0.3, 0.4) is 0 Å². The van der Waals surface area contributed by atoms with Crippen molar-refractivity contribution in [3.8, 4) is 0 Å². The largest absolute Gasteiger partial charge is 0.452 e. The van der Waals surface area contributed by atoms with Crippen molar-refractivity contribution < 1.29 is 19.1 Å². The molecule has 1 aliphatic rings. The van der Waals surface area contributed by atoms with Crippen LogP contribution in [-0.4, -0.2) is 29.1 Å². The Hall–Kier alpha value is -2.80. The molecule has 1 heterocycles. The summed E-state index contributed by atoms with van der Waals surface area (Å²) in [6, 6.07) is 11.4. The van der Waals surface area contributed by atoms with E-state index in [9.17, 15) is 14.4 Å². The summed E-state index contributed by atoms with van der Waals surface area (Å²) < 4.78 is 5.28. The Morgan fingerprint density at radius 2 is 1.83 bits per heavy atom. The topological polar surface area (TPSA) is 84.5 Å². The maximum absolute atomic E-state index is 12.5. The predicted molar refractivity (Wildman–Crippen MR) is 114 cm³/mol. The summed E-state index contributed by atoms with van der Waals surface area (Å²) in [7, 11) is 0. The highest BCUT2D eigenvalue weighted by molar-refractivity contribution is 8.01. The maximum Gasteiger partial charge on any atom is 0.308 e. The lowest BCUT2D eigenvalue weighted by Gasteiger charge is -2.24. The quantitative estimate of drug-likeness (QED) is 0.726. The SMILES string of the molecule is Cc1cc(C)c(NC(=O)[C@H](C)OC(=O)C[C@H]2Sc3ccccc3NC2=O)c(C)c1. The molecule has 0 saturated carbocycles. The average molecular weight is 413 g/mol. The van der Waals surface area contributed by atoms with Crippen molar-refractivity contribution in [2.45, 2.75) is 50.4 Å². The predicted octanol–water partition coefficient (Wildman–Crippen LogP) is 3.99. The van der Waals surface area contributed by atoms with Crippen LogP contribution in [0.2, 0.25) is 0 Å². The van der Waals surface area contributed by atoms with E-state index >= 15 is 0 Å². The fourth-order valence-corrected chi connectivity index (χ4v) is 4.37. The monoisotopic (exact) mass is 412 g/mol. The Kier molecular flexibility index (Phi) is 6.27. The summed E-state index contributed by atoms with van der Waals surface area (Å²) in [5.74, 6) is -1.23. The summed E-state index contributed by atoms with van der Waals surface area (Å²) in [5.41, 5.74) is 4.47. The minimum Gasteiger partial charge on any atom is -0.452 e. The van der Waals surface area contributed by atoms with Crippen molar-refractivity contribution in [2.24, 2.45) is 0 Å². The summed E-state index contributed by atoms with van der Waals surface area (Å²) in [6.07, 6.45) is -1.07. The van der Waals surface area contributed by atoms with Crippen LogP contribution in [0.4, 0.5) is 11.4 Å². The van der Waals surface area contributed by atoms with Gasteiger partial charge in [0.25, 0.3) is 5.91 Å². The van der Waals surface area contributed by atoms with Gasteiger partial charge in [-0.2, -0.15) is 0 Å². The molecule has 0 radical (unpaired) electrons. The standard InChI is InChI=1S/C22H24N2O4S/c1-12-9-13(2)20(14(3)10-12)24-21(26)15(4)28-19(25)11-18-22(27)23-16-7-5-6-8-17(16)29-18/h5-10,15,18H,11H2,1-4H3,(H,23,27)(H,24,26)/t15-,18+/m0/s1. The van der Waals surface area contributed by atoms with Crippen molar-refractivity contribution in [2.75, 3.05) is 10.6 Å². The van der Waals surface area contributed by atoms with Gasteiger partial charge in [0.1, 0.15) is 0 Å². The second kappa shape index (κ2) is 8.69. The number of anilines is 2. The third kappa shape index (κ3) is 4.98. The molecule has 0 saturated heterocycles. The molecule has 6 nitrogen and oxygen atoms in total. The molecule has 2 N–H and O–H groups in total. The fraction of sp³-hybridized carbons (Fsp3) is 0.318. The molecule has 2 atom stereocenters. The smallest absolute Gasteiger partial charge is 0.308 e.